The van der Waals surface area contributed by atoms with Crippen LogP contribution in [0.5, 0.6) is 0 Å². The normalized spacial score (nSPS) is 10.2. The van der Waals surface area contributed by atoms with E-state index in [9.17, 15) is 19.7 Å². The molecular formula is C18H18N4O4S. The first-order valence-corrected chi connectivity index (χ1v) is 8.45. The molecule has 140 valence electrons. The number of carbonyl (C=O) groups excluding carboxylic acids is 2. The molecule has 0 aliphatic rings. The molecule has 0 spiro atoms. The number of nitro groups is 1. The first-order valence-electron chi connectivity index (χ1n) is 8.04. The summed E-state index contributed by atoms with van der Waals surface area (Å²) < 4.78 is 0. The Kier molecular flexibility index (Phi) is 6.56. The minimum atomic E-state index is -0.557. The van der Waals surface area contributed by atoms with Crippen LogP contribution in [0.1, 0.15) is 46.0 Å². The van der Waals surface area contributed by atoms with Gasteiger partial charge < -0.3 is 0 Å². The Morgan fingerprint density at radius 2 is 1.44 bits per heavy atom. The lowest BCUT2D eigenvalue weighted by molar-refractivity contribution is -0.384. The van der Waals surface area contributed by atoms with Gasteiger partial charge in [-0.3, -0.25) is 35.9 Å². The molecular weight excluding hydrogens is 368 g/mol. The maximum Gasteiger partial charge on any atom is 0.269 e. The molecule has 2 aromatic carbocycles. The number of benzene rings is 2. The molecule has 0 fully saturated rings. The summed E-state index contributed by atoms with van der Waals surface area (Å²) in [6, 6.07) is 12.2. The Labute approximate surface area is 161 Å². The average Bonchev–Trinajstić information content (AvgIpc) is 2.66. The van der Waals surface area contributed by atoms with Crippen LogP contribution in [0.25, 0.3) is 0 Å². The van der Waals surface area contributed by atoms with E-state index in [0.29, 0.717) is 11.5 Å². The molecule has 2 amide bonds. The van der Waals surface area contributed by atoms with Gasteiger partial charge in [0.15, 0.2) is 5.11 Å². The molecule has 0 heterocycles. The van der Waals surface area contributed by atoms with Gasteiger partial charge >= 0.3 is 0 Å². The van der Waals surface area contributed by atoms with Crippen LogP contribution < -0.4 is 16.2 Å². The highest BCUT2D eigenvalue weighted by atomic mass is 32.1. The summed E-state index contributed by atoms with van der Waals surface area (Å²) in [6.45, 7) is 4.11. The van der Waals surface area contributed by atoms with Gasteiger partial charge in [-0.1, -0.05) is 26.0 Å². The van der Waals surface area contributed by atoms with E-state index in [4.69, 9.17) is 12.2 Å². The van der Waals surface area contributed by atoms with E-state index in [1.54, 1.807) is 12.1 Å². The third-order valence-electron chi connectivity index (χ3n) is 3.70. The Morgan fingerprint density at radius 1 is 0.926 bits per heavy atom. The van der Waals surface area contributed by atoms with E-state index in [2.05, 4.69) is 30.0 Å². The van der Waals surface area contributed by atoms with Gasteiger partial charge in [0.05, 0.1) is 4.92 Å². The zero-order chi connectivity index (χ0) is 20.0. The maximum absolute atomic E-state index is 12.1. The minimum Gasteiger partial charge on any atom is -0.298 e. The molecule has 2 rings (SSSR count). The second kappa shape index (κ2) is 8.86. The molecule has 0 atom stereocenters. The summed E-state index contributed by atoms with van der Waals surface area (Å²) in [5, 5.41) is 13.0. The lowest BCUT2D eigenvalue weighted by atomic mass is 10.0. The van der Waals surface area contributed by atoms with Crippen molar-refractivity contribution in [1.29, 1.82) is 0 Å². The van der Waals surface area contributed by atoms with Crippen LogP contribution in [0, 0.1) is 10.1 Å². The van der Waals surface area contributed by atoms with E-state index in [1.807, 2.05) is 12.1 Å². The SMILES string of the molecule is CC(C)c1ccc(C(=O)NC(=S)NNC(=O)c2ccc([N+](=O)[O-])cc2)cc1. The largest absolute Gasteiger partial charge is 0.298 e. The van der Waals surface area contributed by atoms with Gasteiger partial charge in [-0.25, -0.2) is 0 Å². The highest BCUT2D eigenvalue weighted by molar-refractivity contribution is 7.80. The van der Waals surface area contributed by atoms with Crippen LogP contribution in [0.3, 0.4) is 0 Å². The molecule has 0 bridgehead atoms. The number of non-ortho nitro benzene ring substituents is 1. The van der Waals surface area contributed by atoms with Crippen molar-refractivity contribution in [2.24, 2.45) is 0 Å². The third kappa shape index (κ3) is 5.58. The van der Waals surface area contributed by atoms with Crippen LogP contribution in [0.4, 0.5) is 5.69 Å². The topological polar surface area (TPSA) is 113 Å². The van der Waals surface area contributed by atoms with E-state index in [-0.39, 0.29) is 16.4 Å². The first kappa shape index (κ1) is 20.0. The lowest BCUT2D eigenvalue weighted by Crippen LogP contribution is -2.48. The summed E-state index contributed by atoms with van der Waals surface area (Å²) in [7, 11) is 0. The molecule has 27 heavy (non-hydrogen) atoms. The van der Waals surface area contributed by atoms with Crippen molar-refractivity contribution < 1.29 is 14.5 Å². The van der Waals surface area contributed by atoms with Crippen molar-refractivity contribution in [3.8, 4) is 0 Å². The number of nitrogens with one attached hydrogen (secondary N) is 3. The molecule has 0 saturated heterocycles. The Bertz CT molecular complexity index is 864. The Balaban J connectivity index is 1.86. The standard InChI is InChI=1S/C18H18N4O4S/c1-11(2)12-3-5-13(6-4-12)16(23)19-18(27)21-20-17(24)14-7-9-15(10-8-14)22(25)26/h3-11H,1-2H3,(H,20,24)(H2,19,21,23,27). The molecule has 0 unspecified atom stereocenters. The molecule has 3 N–H and O–H groups in total. The fraction of sp³-hybridized carbons (Fsp3) is 0.167. The van der Waals surface area contributed by atoms with Gasteiger partial charge in [0.2, 0.25) is 0 Å². The summed E-state index contributed by atoms with van der Waals surface area (Å²) in [5.74, 6) is -0.602. The number of rotatable bonds is 4. The number of hydrogen-bond donors (Lipinski definition) is 3. The number of nitro benzene ring substituents is 1. The van der Waals surface area contributed by atoms with Crippen molar-refractivity contribution in [1.82, 2.24) is 16.2 Å². The monoisotopic (exact) mass is 386 g/mol. The van der Waals surface area contributed by atoms with Crippen LogP contribution in [0.2, 0.25) is 0 Å². The molecule has 0 aliphatic heterocycles. The van der Waals surface area contributed by atoms with Crippen molar-refractivity contribution in [2.75, 3.05) is 0 Å². The van der Waals surface area contributed by atoms with E-state index >= 15 is 0 Å². The predicted molar refractivity (Wildman–Crippen MR) is 104 cm³/mol. The first-order chi connectivity index (χ1) is 12.8. The zero-order valence-electron chi connectivity index (χ0n) is 14.7. The van der Waals surface area contributed by atoms with Crippen molar-refractivity contribution in [2.45, 2.75) is 19.8 Å². The fourth-order valence-electron chi connectivity index (χ4n) is 2.15. The van der Waals surface area contributed by atoms with Crippen LogP contribution in [-0.2, 0) is 0 Å². The zero-order valence-corrected chi connectivity index (χ0v) is 15.5. The van der Waals surface area contributed by atoms with Crippen molar-refractivity contribution >= 4 is 34.8 Å². The second-order valence-electron chi connectivity index (χ2n) is 5.94. The molecule has 9 heteroatoms. The number of amides is 2. The quantitative estimate of drug-likeness (QED) is 0.423. The molecule has 0 aliphatic carbocycles. The van der Waals surface area contributed by atoms with Gasteiger partial charge in [-0.2, -0.15) is 0 Å². The third-order valence-corrected chi connectivity index (χ3v) is 3.90. The highest BCUT2D eigenvalue weighted by Crippen LogP contribution is 2.14. The number of thiocarbonyl (C=S) groups is 1. The Hall–Kier alpha value is -3.33. The number of hydrogen-bond acceptors (Lipinski definition) is 5. The summed E-state index contributed by atoms with van der Waals surface area (Å²) in [6.07, 6.45) is 0. The fourth-order valence-corrected chi connectivity index (χ4v) is 2.29. The van der Waals surface area contributed by atoms with Gasteiger partial charge in [0.25, 0.3) is 17.5 Å². The number of nitrogens with zero attached hydrogens (tertiary/aromatic N) is 1. The van der Waals surface area contributed by atoms with Gasteiger partial charge in [0.1, 0.15) is 0 Å². The van der Waals surface area contributed by atoms with Gasteiger partial charge in [0, 0.05) is 23.3 Å². The van der Waals surface area contributed by atoms with Gasteiger partial charge in [-0.05, 0) is 48.0 Å². The molecule has 0 radical (unpaired) electrons. The summed E-state index contributed by atoms with van der Waals surface area (Å²) in [5.41, 5.74) is 6.36. The summed E-state index contributed by atoms with van der Waals surface area (Å²) in [4.78, 5) is 34.2. The second-order valence-corrected chi connectivity index (χ2v) is 6.35. The average molecular weight is 386 g/mol. The molecule has 0 aromatic heterocycles. The van der Waals surface area contributed by atoms with E-state index < -0.39 is 16.7 Å². The smallest absolute Gasteiger partial charge is 0.269 e. The molecule has 8 nitrogen and oxygen atoms in total. The van der Waals surface area contributed by atoms with Crippen molar-refractivity contribution in [3.63, 3.8) is 0 Å². The number of carbonyl (C=O) groups is 2. The van der Waals surface area contributed by atoms with Crippen molar-refractivity contribution in [3.05, 3.63) is 75.3 Å². The van der Waals surface area contributed by atoms with Gasteiger partial charge in [-0.15, -0.1) is 0 Å². The highest BCUT2D eigenvalue weighted by Gasteiger charge is 2.11. The van der Waals surface area contributed by atoms with Crippen LogP contribution in [0.15, 0.2) is 48.5 Å². The van der Waals surface area contributed by atoms with E-state index in [0.717, 1.165) is 5.56 Å². The lowest BCUT2D eigenvalue weighted by Gasteiger charge is -2.11. The van der Waals surface area contributed by atoms with Crippen LogP contribution >= 0.6 is 12.2 Å². The summed E-state index contributed by atoms with van der Waals surface area (Å²) >= 11 is 4.97. The van der Waals surface area contributed by atoms with Crippen LogP contribution in [-0.4, -0.2) is 21.9 Å². The molecule has 0 saturated carbocycles. The number of hydrazine groups is 1. The Morgan fingerprint density at radius 3 is 1.96 bits per heavy atom. The van der Waals surface area contributed by atoms with E-state index in [1.165, 1.54) is 24.3 Å². The predicted octanol–water partition coefficient (Wildman–Crippen LogP) is 2.67. The minimum absolute atomic E-state index is 0.0804. The maximum atomic E-state index is 12.1. The molecule has 2 aromatic rings.